The molecule has 0 heteroatoms. The molecule has 0 rings (SSSR count). The summed E-state index contributed by atoms with van der Waals surface area (Å²) >= 11 is 0. The lowest BCUT2D eigenvalue weighted by molar-refractivity contribution is 0.0748. The van der Waals surface area contributed by atoms with Crippen molar-refractivity contribution in [3.8, 4) is 0 Å². The molecule has 0 fully saturated rings. The van der Waals surface area contributed by atoms with E-state index in [-0.39, 0.29) is 5.41 Å². The van der Waals surface area contributed by atoms with Crippen LogP contribution in [0.15, 0.2) is 0 Å². The van der Waals surface area contributed by atoms with Gasteiger partial charge in [0.2, 0.25) is 0 Å². The molecule has 1 radical (unpaired) electrons. The molecule has 0 aromatic heterocycles. The molecule has 0 aliphatic heterocycles. The lowest BCUT2D eigenvalue weighted by Crippen LogP contribution is -2.36. The highest BCUT2D eigenvalue weighted by Crippen LogP contribution is 2.43. The van der Waals surface area contributed by atoms with E-state index in [9.17, 15) is 0 Å². The Morgan fingerprint density at radius 1 is 0.917 bits per heavy atom. The maximum absolute atomic E-state index is 4.22. The zero-order valence-electron chi connectivity index (χ0n) is 9.86. The zero-order valence-corrected chi connectivity index (χ0v) is 9.86. The third-order valence-corrected chi connectivity index (χ3v) is 3.78. The van der Waals surface area contributed by atoms with Gasteiger partial charge in [-0.05, 0) is 29.6 Å². The Morgan fingerprint density at radius 2 is 1.25 bits per heavy atom. The Balaban J connectivity index is 4.57. The van der Waals surface area contributed by atoms with Gasteiger partial charge in [-0.1, -0.05) is 48.5 Å². The molecule has 0 aromatic rings. The van der Waals surface area contributed by atoms with Gasteiger partial charge in [0.05, 0.1) is 0 Å². The first-order valence-corrected chi connectivity index (χ1v) is 4.95. The van der Waals surface area contributed by atoms with Crippen LogP contribution in [0.25, 0.3) is 0 Å². The zero-order chi connectivity index (χ0) is 10.2. The molecule has 1 unspecified atom stereocenters. The Hall–Kier alpha value is 0. The summed E-state index contributed by atoms with van der Waals surface area (Å²) < 4.78 is 0. The van der Waals surface area contributed by atoms with Gasteiger partial charge in [-0.3, -0.25) is 0 Å². The van der Waals surface area contributed by atoms with Crippen LogP contribution in [0.2, 0.25) is 0 Å². The highest BCUT2D eigenvalue weighted by Gasteiger charge is 2.36. The van der Waals surface area contributed by atoms with E-state index in [2.05, 4.69) is 55.4 Å². The van der Waals surface area contributed by atoms with Gasteiger partial charge in [0.1, 0.15) is 0 Å². The van der Waals surface area contributed by atoms with E-state index in [0.717, 1.165) is 0 Å². The first-order valence-electron chi connectivity index (χ1n) is 4.95. The van der Waals surface area contributed by atoms with Crippen LogP contribution in [0.3, 0.4) is 0 Å². The van der Waals surface area contributed by atoms with Crippen molar-refractivity contribution < 1.29 is 0 Å². The average Bonchev–Trinajstić information content (AvgIpc) is 1.83. The van der Waals surface area contributed by atoms with E-state index in [0.29, 0.717) is 17.3 Å². The van der Waals surface area contributed by atoms with Crippen molar-refractivity contribution in [2.45, 2.75) is 48.5 Å². The molecule has 0 bridgehead atoms. The second kappa shape index (κ2) is 3.40. The highest BCUT2D eigenvalue weighted by molar-refractivity contribution is 4.89. The molecule has 0 heterocycles. The summed E-state index contributed by atoms with van der Waals surface area (Å²) in [6.45, 7) is 20.3. The van der Waals surface area contributed by atoms with Gasteiger partial charge in [0.25, 0.3) is 0 Å². The van der Waals surface area contributed by atoms with Crippen molar-refractivity contribution in [3.05, 3.63) is 6.92 Å². The Kier molecular flexibility index (Phi) is 3.40. The highest BCUT2D eigenvalue weighted by atomic mass is 14.4. The molecule has 0 aromatic carbocycles. The van der Waals surface area contributed by atoms with Crippen molar-refractivity contribution in [3.63, 3.8) is 0 Å². The minimum Gasteiger partial charge on any atom is -0.0623 e. The summed E-state index contributed by atoms with van der Waals surface area (Å²) in [5.41, 5.74) is 0.555. The SMILES string of the molecule is [CH2]C(C)(C)C(C)C(C)(C)C(C)C. The van der Waals surface area contributed by atoms with Gasteiger partial charge >= 0.3 is 0 Å². The van der Waals surface area contributed by atoms with Crippen LogP contribution in [0.1, 0.15) is 48.5 Å². The fourth-order valence-corrected chi connectivity index (χ4v) is 1.51. The molecule has 0 nitrogen and oxygen atoms in total. The summed E-state index contributed by atoms with van der Waals surface area (Å²) in [4.78, 5) is 0. The van der Waals surface area contributed by atoms with Crippen molar-refractivity contribution in [1.29, 1.82) is 0 Å². The smallest absolute Gasteiger partial charge is 0.0300 e. The molecule has 0 saturated heterocycles. The van der Waals surface area contributed by atoms with E-state index in [1.54, 1.807) is 0 Å². The number of hydrogen-bond acceptors (Lipinski definition) is 0. The molecular formula is C12H25. The minimum absolute atomic E-state index is 0.174. The van der Waals surface area contributed by atoms with Crippen LogP contribution < -0.4 is 0 Å². The second-order valence-corrected chi connectivity index (χ2v) is 5.69. The van der Waals surface area contributed by atoms with E-state index in [1.807, 2.05) is 0 Å². The largest absolute Gasteiger partial charge is 0.0623 e. The molecule has 1 atom stereocenters. The van der Waals surface area contributed by atoms with E-state index < -0.39 is 0 Å². The van der Waals surface area contributed by atoms with Crippen LogP contribution in [-0.2, 0) is 0 Å². The summed E-state index contributed by atoms with van der Waals surface area (Å²) in [5, 5.41) is 0. The molecule has 0 spiro atoms. The third kappa shape index (κ3) is 2.50. The maximum Gasteiger partial charge on any atom is -0.0300 e. The lowest BCUT2D eigenvalue weighted by Gasteiger charge is -2.43. The quantitative estimate of drug-likeness (QED) is 0.595. The van der Waals surface area contributed by atoms with E-state index in [4.69, 9.17) is 0 Å². The van der Waals surface area contributed by atoms with Crippen LogP contribution in [0.4, 0.5) is 0 Å². The molecule has 12 heavy (non-hydrogen) atoms. The van der Waals surface area contributed by atoms with Gasteiger partial charge in [-0.2, -0.15) is 0 Å². The van der Waals surface area contributed by atoms with Gasteiger partial charge in [0.15, 0.2) is 0 Å². The number of hydrogen-bond donors (Lipinski definition) is 0. The number of rotatable bonds is 3. The van der Waals surface area contributed by atoms with Crippen molar-refractivity contribution in [2.75, 3.05) is 0 Å². The second-order valence-electron chi connectivity index (χ2n) is 5.69. The molecule has 0 saturated carbocycles. The predicted octanol–water partition coefficient (Wildman–Crippen LogP) is 4.16. The normalized spacial score (nSPS) is 16.8. The summed E-state index contributed by atoms with van der Waals surface area (Å²) in [6.07, 6.45) is 0. The topological polar surface area (TPSA) is 0 Å². The summed E-state index contributed by atoms with van der Waals surface area (Å²) in [7, 11) is 0. The van der Waals surface area contributed by atoms with Gasteiger partial charge in [-0.15, -0.1) is 0 Å². The first-order chi connectivity index (χ1) is 5.10. The Morgan fingerprint density at radius 3 is 1.33 bits per heavy atom. The predicted molar refractivity (Wildman–Crippen MR) is 56.9 cm³/mol. The van der Waals surface area contributed by atoms with Crippen LogP contribution in [-0.4, -0.2) is 0 Å². The summed E-state index contributed by atoms with van der Waals surface area (Å²) in [5.74, 6) is 1.36. The van der Waals surface area contributed by atoms with Gasteiger partial charge < -0.3 is 0 Å². The molecule has 73 valence electrons. The lowest BCUT2D eigenvalue weighted by atomic mass is 9.62. The van der Waals surface area contributed by atoms with Crippen LogP contribution in [0, 0.1) is 29.6 Å². The monoisotopic (exact) mass is 169 g/mol. The fourth-order valence-electron chi connectivity index (χ4n) is 1.51. The summed E-state index contributed by atoms with van der Waals surface area (Å²) in [6, 6.07) is 0. The van der Waals surface area contributed by atoms with Gasteiger partial charge in [0, 0.05) is 0 Å². The molecule has 0 aliphatic carbocycles. The van der Waals surface area contributed by atoms with Crippen molar-refractivity contribution in [1.82, 2.24) is 0 Å². The van der Waals surface area contributed by atoms with Gasteiger partial charge in [-0.25, -0.2) is 0 Å². The van der Waals surface area contributed by atoms with Crippen LogP contribution in [0.5, 0.6) is 0 Å². The molecular weight excluding hydrogens is 144 g/mol. The molecule has 0 aliphatic rings. The first kappa shape index (κ1) is 12.0. The van der Waals surface area contributed by atoms with Crippen molar-refractivity contribution in [2.24, 2.45) is 22.7 Å². The third-order valence-electron chi connectivity index (χ3n) is 3.78. The molecule has 0 N–H and O–H groups in total. The standard InChI is InChI=1S/C12H25/c1-9(2)12(7,8)10(3)11(4,5)6/h9-10H,4H2,1-3,5-8H3. The maximum atomic E-state index is 4.22. The molecule has 0 amide bonds. The Bertz CT molecular complexity index is 135. The van der Waals surface area contributed by atoms with E-state index >= 15 is 0 Å². The fraction of sp³-hybridized carbons (Fsp3) is 0.917. The average molecular weight is 169 g/mol. The van der Waals surface area contributed by atoms with Crippen molar-refractivity contribution >= 4 is 0 Å². The Labute approximate surface area is 78.8 Å². The minimum atomic E-state index is 0.174. The van der Waals surface area contributed by atoms with E-state index in [1.165, 1.54) is 0 Å². The van der Waals surface area contributed by atoms with Crippen LogP contribution >= 0.6 is 0 Å².